The van der Waals surface area contributed by atoms with E-state index in [0.29, 0.717) is 25.7 Å². The molecule has 0 aromatic carbocycles. The molecule has 0 bridgehead atoms. The predicted molar refractivity (Wildman–Crippen MR) is 64.4 cm³/mol. The van der Waals surface area contributed by atoms with Crippen molar-refractivity contribution < 1.29 is 14.3 Å². The van der Waals surface area contributed by atoms with Gasteiger partial charge >= 0.3 is 5.97 Å². The van der Waals surface area contributed by atoms with Crippen LogP contribution in [0.2, 0.25) is 0 Å². The molecule has 1 unspecified atom stereocenters. The van der Waals surface area contributed by atoms with Crippen LogP contribution >= 0.6 is 0 Å². The number of carbonyl (C=O) groups excluding carboxylic acids is 1. The van der Waals surface area contributed by atoms with Gasteiger partial charge in [0.1, 0.15) is 6.04 Å². The van der Waals surface area contributed by atoms with Crippen LogP contribution in [0.1, 0.15) is 34.1 Å². The molecule has 0 aliphatic rings. The summed E-state index contributed by atoms with van der Waals surface area (Å²) >= 11 is 0. The maximum atomic E-state index is 11.2. The molecule has 4 heteroatoms. The van der Waals surface area contributed by atoms with E-state index in [0.717, 1.165) is 13.0 Å². The number of hydrogen-bond acceptors (Lipinski definition) is 4. The Kier molecular flexibility index (Phi) is 9.24. The molecule has 1 N–H and O–H groups in total. The van der Waals surface area contributed by atoms with E-state index in [9.17, 15) is 4.79 Å². The zero-order valence-corrected chi connectivity index (χ0v) is 10.9. The van der Waals surface area contributed by atoms with Crippen LogP contribution in [-0.4, -0.2) is 38.4 Å². The number of rotatable bonds is 9. The van der Waals surface area contributed by atoms with Crippen molar-refractivity contribution in [3.63, 3.8) is 0 Å². The number of hydrogen-bond donors (Lipinski definition) is 1. The van der Waals surface area contributed by atoms with Gasteiger partial charge in [0, 0.05) is 13.2 Å². The minimum absolute atomic E-state index is 0.204. The molecule has 1 atom stereocenters. The maximum absolute atomic E-state index is 11.2. The molecule has 0 spiro atoms. The van der Waals surface area contributed by atoms with Crippen molar-refractivity contribution in [3.8, 4) is 0 Å². The van der Waals surface area contributed by atoms with Gasteiger partial charge in [0.15, 0.2) is 0 Å². The number of ether oxygens (including phenoxy) is 2. The highest BCUT2D eigenvalue weighted by molar-refractivity contribution is 5.75. The van der Waals surface area contributed by atoms with Gasteiger partial charge in [-0.15, -0.1) is 0 Å². The Morgan fingerprint density at radius 2 is 1.94 bits per heavy atom. The molecular weight excluding hydrogens is 206 g/mol. The third-order valence-electron chi connectivity index (χ3n) is 2.18. The summed E-state index contributed by atoms with van der Waals surface area (Å²) < 4.78 is 10.3. The Hall–Kier alpha value is -0.610. The van der Waals surface area contributed by atoms with E-state index in [2.05, 4.69) is 19.2 Å². The van der Waals surface area contributed by atoms with Gasteiger partial charge in [-0.3, -0.25) is 4.79 Å². The van der Waals surface area contributed by atoms with Gasteiger partial charge in [0.25, 0.3) is 0 Å². The number of esters is 1. The second-order valence-corrected chi connectivity index (χ2v) is 4.22. The first kappa shape index (κ1) is 15.4. The first-order chi connectivity index (χ1) is 7.57. The second kappa shape index (κ2) is 9.60. The van der Waals surface area contributed by atoms with E-state index < -0.39 is 0 Å². The lowest BCUT2D eigenvalue weighted by molar-refractivity contribution is -0.145. The normalized spacial score (nSPS) is 12.8. The summed E-state index contributed by atoms with van der Waals surface area (Å²) in [5.41, 5.74) is 0. The van der Waals surface area contributed by atoms with Crippen LogP contribution in [0.15, 0.2) is 0 Å². The van der Waals surface area contributed by atoms with Crippen molar-refractivity contribution >= 4 is 5.97 Å². The van der Waals surface area contributed by atoms with Crippen LogP contribution in [0.5, 0.6) is 0 Å². The number of carbonyl (C=O) groups is 1. The van der Waals surface area contributed by atoms with Crippen molar-refractivity contribution in [2.75, 3.05) is 26.4 Å². The van der Waals surface area contributed by atoms with Gasteiger partial charge < -0.3 is 14.8 Å². The topological polar surface area (TPSA) is 47.6 Å². The molecule has 0 aliphatic heterocycles. The lowest BCUT2D eigenvalue weighted by Crippen LogP contribution is -2.37. The standard InChI is InChI=1S/C12H25NO3/c1-5-16-12(14)11(4)13-7-9-15-8-6-10(2)3/h10-11,13H,5-9H2,1-4H3. The van der Waals surface area contributed by atoms with Gasteiger partial charge in [0.05, 0.1) is 13.2 Å². The van der Waals surface area contributed by atoms with Crippen LogP contribution in [0, 0.1) is 5.92 Å². The van der Waals surface area contributed by atoms with E-state index in [1.54, 1.807) is 13.8 Å². The molecule has 0 amide bonds. The Labute approximate surface area is 98.7 Å². The van der Waals surface area contributed by atoms with E-state index in [1.165, 1.54) is 0 Å². The molecule has 0 radical (unpaired) electrons. The van der Waals surface area contributed by atoms with Gasteiger partial charge in [-0.1, -0.05) is 13.8 Å². The lowest BCUT2D eigenvalue weighted by atomic mass is 10.1. The summed E-state index contributed by atoms with van der Waals surface area (Å²) in [6, 6.07) is -0.256. The number of nitrogens with one attached hydrogen (secondary N) is 1. The third kappa shape index (κ3) is 8.68. The van der Waals surface area contributed by atoms with E-state index in [-0.39, 0.29) is 12.0 Å². The zero-order chi connectivity index (χ0) is 12.4. The van der Waals surface area contributed by atoms with Crippen LogP contribution in [0.25, 0.3) is 0 Å². The minimum Gasteiger partial charge on any atom is -0.465 e. The Morgan fingerprint density at radius 1 is 1.25 bits per heavy atom. The monoisotopic (exact) mass is 231 g/mol. The fraction of sp³-hybridized carbons (Fsp3) is 0.917. The van der Waals surface area contributed by atoms with Crippen molar-refractivity contribution in [2.45, 2.75) is 40.2 Å². The van der Waals surface area contributed by atoms with E-state index >= 15 is 0 Å². The highest BCUT2D eigenvalue weighted by atomic mass is 16.5. The molecule has 0 rings (SSSR count). The third-order valence-corrected chi connectivity index (χ3v) is 2.18. The molecule has 0 heterocycles. The van der Waals surface area contributed by atoms with E-state index in [4.69, 9.17) is 9.47 Å². The summed E-state index contributed by atoms with van der Waals surface area (Å²) in [7, 11) is 0. The van der Waals surface area contributed by atoms with Crippen LogP contribution in [0.3, 0.4) is 0 Å². The van der Waals surface area contributed by atoms with Crippen LogP contribution in [0.4, 0.5) is 0 Å². The van der Waals surface area contributed by atoms with Gasteiger partial charge in [-0.2, -0.15) is 0 Å². The molecule has 0 fully saturated rings. The smallest absolute Gasteiger partial charge is 0.322 e. The van der Waals surface area contributed by atoms with Crippen molar-refractivity contribution in [1.29, 1.82) is 0 Å². The van der Waals surface area contributed by atoms with Gasteiger partial charge in [-0.25, -0.2) is 0 Å². The lowest BCUT2D eigenvalue weighted by Gasteiger charge is -2.12. The van der Waals surface area contributed by atoms with Crippen LogP contribution < -0.4 is 5.32 Å². The SMILES string of the molecule is CCOC(=O)C(C)NCCOCCC(C)C. The molecule has 96 valence electrons. The van der Waals surface area contributed by atoms with E-state index in [1.807, 2.05) is 0 Å². The van der Waals surface area contributed by atoms with Crippen LogP contribution in [-0.2, 0) is 14.3 Å². The molecule has 0 saturated carbocycles. The summed E-state index contributed by atoms with van der Waals surface area (Å²) in [6.45, 7) is 10.5. The molecule has 4 nitrogen and oxygen atoms in total. The summed E-state index contributed by atoms with van der Waals surface area (Å²) in [6.07, 6.45) is 1.08. The van der Waals surface area contributed by atoms with Crippen molar-refractivity contribution in [1.82, 2.24) is 5.32 Å². The van der Waals surface area contributed by atoms with Crippen molar-refractivity contribution in [2.24, 2.45) is 5.92 Å². The molecule has 0 saturated heterocycles. The minimum atomic E-state index is -0.256. The molecule has 0 aliphatic carbocycles. The largest absolute Gasteiger partial charge is 0.465 e. The Bertz CT molecular complexity index is 183. The first-order valence-corrected chi connectivity index (χ1v) is 6.05. The molecule has 0 aromatic heterocycles. The average Bonchev–Trinajstić information content (AvgIpc) is 2.22. The quantitative estimate of drug-likeness (QED) is 0.483. The first-order valence-electron chi connectivity index (χ1n) is 6.05. The van der Waals surface area contributed by atoms with Gasteiger partial charge in [0.2, 0.25) is 0 Å². The molecular formula is C12H25NO3. The summed E-state index contributed by atoms with van der Waals surface area (Å²) in [4.78, 5) is 11.2. The highest BCUT2D eigenvalue weighted by Crippen LogP contribution is 1.98. The van der Waals surface area contributed by atoms with Gasteiger partial charge in [-0.05, 0) is 26.2 Å². The average molecular weight is 231 g/mol. The Morgan fingerprint density at radius 3 is 2.50 bits per heavy atom. The molecule has 16 heavy (non-hydrogen) atoms. The molecule has 0 aromatic rings. The fourth-order valence-electron chi connectivity index (χ4n) is 1.12. The second-order valence-electron chi connectivity index (χ2n) is 4.22. The summed E-state index contributed by atoms with van der Waals surface area (Å²) in [5, 5.41) is 3.06. The van der Waals surface area contributed by atoms with Crippen molar-refractivity contribution in [3.05, 3.63) is 0 Å². The summed E-state index contributed by atoms with van der Waals surface area (Å²) in [5.74, 6) is 0.469. The maximum Gasteiger partial charge on any atom is 0.322 e. The Balaban J connectivity index is 3.34. The fourth-order valence-corrected chi connectivity index (χ4v) is 1.12. The highest BCUT2D eigenvalue weighted by Gasteiger charge is 2.11. The predicted octanol–water partition coefficient (Wildman–Crippen LogP) is 1.59. The zero-order valence-electron chi connectivity index (χ0n) is 10.9.